The van der Waals surface area contributed by atoms with E-state index in [1.54, 1.807) is 0 Å². The van der Waals surface area contributed by atoms with E-state index in [1.807, 2.05) is 0 Å². The molecule has 0 spiro atoms. The quantitative estimate of drug-likeness (QED) is 0.283. The molecule has 1 aromatic heterocycles. The molecule has 0 aliphatic carbocycles. The Balaban J connectivity index is 1.58. The first-order valence-electron chi connectivity index (χ1n) is 13.0. The fourth-order valence-electron chi connectivity index (χ4n) is 4.42. The predicted octanol–water partition coefficient (Wildman–Crippen LogP) is 3.65. The normalized spacial score (nSPS) is 22.8. The molecule has 0 radical (unpaired) electrons. The van der Waals surface area contributed by atoms with Crippen molar-refractivity contribution in [1.29, 1.82) is 0 Å². The van der Waals surface area contributed by atoms with Crippen LogP contribution in [0.1, 0.15) is 103 Å². The molecule has 4 unspecified atom stereocenters. The highest BCUT2D eigenvalue weighted by atomic mass is 16.6. The molecule has 0 saturated carbocycles. The second-order valence-corrected chi connectivity index (χ2v) is 9.19. The maximum absolute atomic E-state index is 12.1. The Kier molecular flexibility index (Phi) is 13.6. The molecular weight excluding hydrogens is 424 g/mol. The molecule has 8 nitrogen and oxygen atoms in total. The monoisotopic (exact) mass is 468 g/mol. The van der Waals surface area contributed by atoms with E-state index >= 15 is 0 Å². The van der Waals surface area contributed by atoms with Crippen molar-refractivity contribution < 1.29 is 19.7 Å². The van der Waals surface area contributed by atoms with Crippen LogP contribution >= 0.6 is 0 Å². The van der Waals surface area contributed by atoms with Crippen LogP contribution in [0.2, 0.25) is 0 Å². The Labute approximate surface area is 197 Å². The molecule has 1 aliphatic rings. The topological polar surface area (TPSA) is 114 Å². The minimum atomic E-state index is -1.05. The standard InChI is InChI=1S/C25H44N2O6/c1-2-3-4-5-6-7-8-9-10-11-12-13-14-15-18-32-23-22(30)20(19-28)33-24(23)27-17-16-21(29)26-25(27)31/h16-17,20,22-24,28,30H,2-15,18-19H2,1H3,(H,26,29,31). The number of unbranched alkanes of at least 4 members (excludes halogenated alkanes) is 13. The van der Waals surface area contributed by atoms with Gasteiger partial charge in [-0.1, -0.05) is 90.4 Å². The Hall–Kier alpha value is -1.48. The molecular formula is C25H44N2O6. The Morgan fingerprint density at radius 2 is 1.48 bits per heavy atom. The fraction of sp³-hybridized carbons (Fsp3) is 0.840. The van der Waals surface area contributed by atoms with Gasteiger partial charge in [0.25, 0.3) is 5.56 Å². The van der Waals surface area contributed by atoms with Gasteiger partial charge >= 0.3 is 5.69 Å². The van der Waals surface area contributed by atoms with Crippen LogP contribution in [0.4, 0.5) is 0 Å². The molecule has 1 aliphatic heterocycles. The number of aromatic nitrogens is 2. The number of rotatable bonds is 18. The van der Waals surface area contributed by atoms with Crippen molar-refractivity contribution in [3.8, 4) is 0 Å². The smallest absolute Gasteiger partial charge is 0.330 e. The minimum Gasteiger partial charge on any atom is -0.394 e. The number of aliphatic hydroxyl groups excluding tert-OH is 2. The first-order chi connectivity index (χ1) is 16.1. The van der Waals surface area contributed by atoms with Crippen molar-refractivity contribution in [2.24, 2.45) is 0 Å². The molecule has 0 amide bonds. The lowest BCUT2D eigenvalue weighted by Crippen LogP contribution is -2.39. The van der Waals surface area contributed by atoms with Crippen LogP contribution in [0.15, 0.2) is 21.9 Å². The number of hydrogen-bond acceptors (Lipinski definition) is 6. The summed E-state index contributed by atoms with van der Waals surface area (Å²) in [7, 11) is 0. The predicted molar refractivity (Wildman–Crippen MR) is 128 cm³/mol. The highest BCUT2D eigenvalue weighted by Crippen LogP contribution is 2.30. The van der Waals surface area contributed by atoms with Crippen molar-refractivity contribution in [3.63, 3.8) is 0 Å². The summed E-state index contributed by atoms with van der Waals surface area (Å²) in [6.45, 7) is 2.31. The van der Waals surface area contributed by atoms with Gasteiger partial charge in [-0.3, -0.25) is 14.3 Å². The number of aliphatic hydroxyl groups is 2. The van der Waals surface area contributed by atoms with Gasteiger partial charge in [0.1, 0.15) is 18.3 Å². The summed E-state index contributed by atoms with van der Waals surface area (Å²) in [5.74, 6) is 0. The average Bonchev–Trinajstić information content (AvgIpc) is 3.11. The molecule has 1 saturated heterocycles. The highest BCUT2D eigenvalue weighted by Gasteiger charge is 2.45. The zero-order valence-corrected chi connectivity index (χ0v) is 20.3. The summed E-state index contributed by atoms with van der Waals surface area (Å²) in [6.07, 6.45) is 15.6. The molecule has 3 N–H and O–H groups in total. The van der Waals surface area contributed by atoms with Crippen molar-refractivity contribution in [3.05, 3.63) is 33.1 Å². The zero-order valence-electron chi connectivity index (χ0n) is 20.3. The third-order valence-electron chi connectivity index (χ3n) is 6.43. The first kappa shape index (κ1) is 27.8. The van der Waals surface area contributed by atoms with Crippen LogP contribution in [0.5, 0.6) is 0 Å². The maximum Gasteiger partial charge on any atom is 0.330 e. The summed E-state index contributed by atoms with van der Waals surface area (Å²) in [4.78, 5) is 25.6. The summed E-state index contributed by atoms with van der Waals surface area (Å²) >= 11 is 0. The van der Waals surface area contributed by atoms with Crippen molar-refractivity contribution in [2.45, 2.75) is 121 Å². The lowest BCUT2D eigenvalue weighted by atomic mass is 10.0. The number of nitrogens with zero attached hydrogens (tertiary/aromatic N) is 1. The summed E-state index contributed by atoms with van der Waals surface area (Å²) < 4.78 is 12.7. The number of nitrogens with one attached hydrogen (secondary N) is 1. The van der Waals surface area contributed by atoms with Crippen molar-refractivity contribution >= 4 is 0 Å². The third-order valence-corrected chi connectivity index (χ3v) is 6.43. The van der Waals surface area contributed by atoms with Gasteiger partial charge in [-0.2, -0.15) is 0 Å². The van der Waals surface area contributed by atoms with Gasteiger partial charge in [0, 0.05) is 18.9 Å². The van der Waals surface area contributed by atoms with Gasteiger partial charge in [-0.15, -0.1) is 0 Å². The van der Waals surface area contributed by atoms with Crippen LogP contribution in [0.25, 0.3) is 0 Å². The number of aromatic amines is 1. The number of ether oxygens (including phenoxy) is 2. The minimum absolute atomic E-state index is 0.380. The summed E-state index contributed by atoms with van der Waals surface area (Å²) in [5, 5.41) is 19.9. The van der Waals surface area contributed by atoms with E-state index in [-0.39, 0.29) is 6.61 Å². The van der Waals surface area contributed by atoms with E-state index in [2.05, 4.69) is 11.9 Å². The molecule has 1 aromatic rings. The molecule has 2 heterocycles. The first-order valence-corrected chi connectivity index (χ1v) is 13.0. The molecule has 8 heteroatoms. The molecule has 0 aromatic carbocycles. The van der Waals surface area contributed by atoms with Gasteiger partial charge in [0.05, 0.1) is 6.61 Å². The second-order valence-electron chi connectivity index (χ2n) is 9.19. The lowest BCUT2D eigenvalue weighted by molar-refractivity contribution is -0.0749. The Morgan fingerprint density at radius 3 is 2.00 bits per heavy atom. The highest BCUT2D eigenvalue weighted by molar-refractivity contribution is 4.94. The Bertz CT molecular complexity index is 749. The van der Waals surface area contributed by atoms with E-state index in [0.717, 1.165) is 19.3 Å². The number of H-pyrrole nitrogens is 1. The van der Waals surface area contributed by atoms with Gasteiger partial charge < -0.3 is 19.7 Å². The van der Waals surface area contributed by atoms with Crippen LogP contribution < -0.4 is 11.2 Å². The van der Waals surface area contributed by atoms with Crippen LogP contribution in [0, 0.1) is 0 Å². The van der Waals surface area contributed by atoms with E-state index in [9.17, 15) is 19.8 Å². The van der Waals surface area contributed by atoms with Crippen LogP contribution in [-0.2, 0) is 9.47 Å². The van der Waals surface area contributed by atoms with Gasteiger partial charge in [0.2, 0.25) is 0 Å². The van der Waals surface area contributed by atoms with Crippen molar-refractivity contribution in [1.82, 2.24) is 9.55 Å². The summed E-state index contributed by atoms with van der Waals surface area (Å²) in [6, 6.07) is 1.22. The van der Waals surface area contributed by atoms with Gasteiger partial charge in [0.15, 0.2) is 6.23 Å². The third kappa shape index (κ3) is 9.73. The van der Waals surface area contributed by atoms with Crippen LogP contribution in [-0.4, -0.2) is 51.3 Å². The van der Waals surface area contributed by atoms with E-state index in [0.29, 0.717) is 6.61 Å². The van der Waals surface area contributed by atoms with E-state index in [1.165, 1.54) is 87.5 Å². The molecule has 33 heavy (non-hydrogen) atoms. The average molecular weight is 469 g/mol. The maximum atomic E-state index is 12.1. The van der Waals surface area contributed by atoms with Crippen molar-refractivity contribution in [2.75, 3.05) is 13.2 Å². The molecule has 2 rings (SSSR count). The second kappa shape index (κ2) is 16.2. The van der Waals surface area contributed by atoms with Crippen LogP contribution in [0.3, 0.4) is 0 Å². The number of hydrogen-bond donors (Lipinski definition) is 3. The zero-order chi connectivity index (χ0) is 23.9. The summed E-state index contributed by atoms with van der Waals surface area (Å²) in [5.41, 5.74) is -1.14. The van der Waals surface area contributed by atoms with Gasteiger partial charge in [-0.25, -0.2) is 4.79 Å². The Morgan fingerprint density at radius 1 is 0.939 bits per heavy atom. The largest absolute Gasteiger partial charge is 0.394 e. The van der Waals surface area contributed by atoms with E-state index in [4.69, 9.17) is 9.47 Å². The van der Waals surface area contributed by atoms with Gasteiger partial charge in [-0.05, 0) is 6.42 Å². The van der Waals surface area contributed by atoms with E-state index < -0.39 is 35.8 Å². The molecule has 0 bridgehead atoms. The molecule has 1 fully saturated rings. The molecule has 190 valence electrons. The molecule has 4 atom stereocenters. The SMILES string of the molecule is CCCCCCCCCCCCCCCCOC1C(O)C(CO)OC1n1ccc(=O)[nH]c1=O. The fourth-order valence-corrected chi connectivity index (χ4v) is 4.42. The lowest BCUT2D eigenvalue weighted by Gasteiger charge is -2.22.